The molecule has 0 unspecified atom stereocenters. The van der Waals surface area contributed by atoms with Gasteiger partial charge in [-0.1, -0.05) is 18.2 Å². The fraction of sp³-hybridized carbons (Fsp3) is 0.176. The molecule has 0 aliphatic carbocycles. The summed E-state index contributed by atoms with van der Waals surface area (Å²) in [5.41, 5.74) is 2.69. The van der Waals surface area contributed by atoms with Crippen molar-refractivity contribution in [3.8, 4) is 0 Å². The Labute approximate surface area is 127 Å². The number of para-hydroxylation sites is 1. The molecule has 2 heterocycles. The van der Waals surface area contributed by atoms with Crippen molar-refractivity contribution in [1.29, 1.82) is 0 Å². The molecule has 112 valence electrons. The van der Waals surface area contributed by atoms with Crippen LogP contribution in [0.15, 0.2) is 45.6 Å². The number of aryl methyl sites for hydroxylation is 2. The lowest BCUT2D eigenvalue weighted by Crippen LogP contribution is -2.27. The minimum atomic E-state index is -0.337. The lowest BCUT2D eigenvalue weighted by atomic mass is 10.1. The Morgan fingerprint density at radius 3 is 2.73 bits per heavy atom. The third-order valence-corrected chi connectivity index (χ3v) is 3.57. The van der Waals surface area contributed by atoms with Gasteiger partial charge in [-0.2, -0.15) is 0 Å². The highest BCUT2D eigenvalue weighted by Crippen LogP contribution is 2.18. The molecule has 0 fully saturated rings. The lowest BCUT2D eigenvalue weighted by Gasteiger charge is -2.06. The van der Waals surface area contributed by atoms with E-state index in [9.17, 15) is 9.59 Å². The maximum Gasteiger partial charge on any atom is 0.287 e. The Morgan fingerprint density at radius 1 is 1.23 bits per heavy atom. The molecule has 0 atom stereocenters. The number of nitrogens with one attached hydrogen (secondary N) is 2. The fourth-order valence-electron chi connectivity index (χ4n) is 2.45. The largest absolute Gasteiger partial charge is 0.451 e. The number of amides is 1. The Bertz CT molecular complexity index is 873. The summed E-state index contributed by atoms with van der Waals surface area (Å²) in [5, 5.41) is 3.60. The minimum Gasteiger partial charge on any atom is -0.451 e. The number of rotatable bonds is 3. The topological polar surface area (TPSA) is 75.1 Å². The molecule has 2 N–H and O–H groups in total. The summed E-state index contributed by atoms with van der Waals surface area (Å²) in [7, 11) is 0. The number of benzene rings is 1. The molecule has 0 aliphatic heterocycles. The number of hydrogen-bond acceptors (Lipinski definition) is 3. The average Bonchev–Trinajstić information content (AvgIpc) is 2.89. The van der Waals surface area contributed by atoms with Crippen LogP contribution in [0, 0.1) is 13.8 Å². The van der Waals surface area contributed by atoms with Crippen LogP contribution in [0.25, 0.3) is 11.0 Å². The van der Waals surface area contributed by atoms with Crippen LogP contribution >= 0.6 is 0 Å². The SMILES string of the molecule is Cc1cc(C)c(CNC(=O)c2cc3ccccc3o2)c(=O)[nH]1. The summed E-state index contributed by atoms with van der Waals surface area (Å²) in [6.45, 7) is 3.84. The third-order valence-electron chi connectivity index (χ3n) is 3.57. The van der Waals surface area contributed by atoms with E-state index in [4.69, 9.17) is 4.42 Å². The minimum absolute atomic E-state index is 0.164. The Balaban J connectivity index is 1.79. The van der Waals surface area contributed by atoms with Crippen molar-refractivity contribution in [2.75, 3.05) is 0 Å². The number of aromatic nitrogens is 1. The molecule has 0 radical (unpaired) electrons. The van der Waals surface area contributed by atoms with Gasteiger partial charge in [0.2, 0.25) is 0 Å². The first kappa shape index (κ1) is 14.1. The first-order chi connectivity index (χ1) is 10.5. The van der Waals surface area contributed by atoms with E-state index in [2.05, 4.69) is 10.3 Å². The summed E-state index contributed by atoms with van der Waals surface area (Å²) >= 11 is 0. The molecule has 22 heavy (non-hydrogen) atoms. The van der Waals surface area contributed by atoms with Gasteiger partial charge in [0.25, 0.3) is 11.5 Å². The molecule has 2 aromatic heterocycles. The molecule has 0 spiro atoms. The second-order valence-electron chi connectivity index (χ2n) is 5.27. The molecule has 0 saturated heterocycles. The number of pyridine rings is 1. The highest BCUT2D eigenvalue weighted by Gasteiger charge is 2.13. The van der Waals surface area contributed by atoms with Crippen LogP contribution in [-0.4, -0.2) is 10.9 Å². The summed E-state index contributed by atoms with van der Waals surface area (Å²) in [4.78, 5) is 26.8. The quantitative estimate of drug-likeness (QED) is 0.780. The van der Waals surface area contributed by atoms with E-state index in [0.717, 1.165) is 16.6 Å². The van der Waals surface area contributed by atoms with Gasteiger partial charge in [0, 0.05) is 23.2 Å². The Morgan fingerprint density at radius 2 is 2.00 bits per heavy atom. The summed E-state index contributed by atoms with van der Waals surface area (Å²) in [6, 6.07) is 11.0. The molecule has 3 rings (SSSR count). The van der Waals surface area contributed by atoms with Crippen LogP contribution in [0.2, 0.25) is 0 Å². The molecular formula is C17H16N2O3. The van der Waals surface area contributed by atoms with Gasteiger partial charge < -0.3 is 14.7 Å². The number of carbonyl (C=O) groups is 1. The lowest BCUT2D eigenvalue weighted by molar-refractivity contribution is 0.0925. The number of H-pyrrole nitrogens is 1. The van der Waals surface area contributed by atoms with Gasteiger partial charge in [-0.05, 0) is 37.6 Å². The Hall–Kier alpha value is -2.82. The van der Waals surface area contributed by atoms with E-state index < -0.39 is 0 Å². The normalized spacial score (nSPS) is 10.8. The molecule has 5 heteroatoms. The van der Waals surface area contributed by atoms with Crippen LogP contribution in [0.1, 0.15) is 27.4 Å². The second kappa shape index (κ2) is 5.52. The van der Waals surface area contributed by atoms with E-state index in [1.165, 1.54) is 0 Å². The predicted molar refractivity (Wildman–Crippen MR) is 83.9 cm³/mol. The molecule has 0 aliphatic rings. The van der Waals surface area contributed by atoms with Crippen molar-refractivity contribution in [3.05, 3.63) is 69.3 Å². The zero-order valence-corrected chi connectivity index (χ0v) is 12.4. The summed E-state index contributed by atoms with van der Waals surface area (Å²) < 4.78 is 5.50. The monoisotopic (exact) mass is 296 g/mol. The van der Waals surface area contributed by atoms with Gasteiger partial charge in [0.05, 0.1) is 0 Å². The average molecular weight is 296 g/mol. The van der Waals surface area contributed by atoms with Crippen molar-refractivity contribution < 1.29 is 9.21 Å². The highest BCUT2D eigenvalue weighted by atomic mass is 16.3. The van der Waals surface area contributed by atoms with Gasteiger partial charge in [-0.25, -0.2) is 0 Å². The van der Waals surface area contributed by atoms with E-state index >= 15 is 0 Å². The molecule has 5 nitrogen and oxygen atoms in total. The highest BCUT2D eigenvalue weighted by molar-refractivity contribution is 5.96. The smallest absolute Gasteiger partial charge is 0.287 e. The van der Waals surface area contributed by atoms with Gasteiger partial charge in [-0.15, -0.1) is 0 Å². The van der Waals surface area contributed by atoms with Crippen LogP contribution in [-0.2, 0) is 6.54 Å². The molecule has 1 amide bonds. The summed E-state index contributed by atoms with van der Waals surface area (Å²) in [5.74, 6) is -0.0991. The van der Waals surface area contributed by atoms with Crippen molar-refractivity contribution in [2.24, 2.45) is 0 Å². The van der Waals surface area contributed by atoms with Crippen molar-refractivity contribution in [3.63, 3.8) is 0 Å². The molecule has 0 bridgehead atoms. The summed E-state index contributed by atoms with van der Waals surface area (Å²) in [6.07, 6.45) is 0. The van der Waals surface area contributed by atoms with Gasteiger partial charge in [0.1, 0.15) is 5.58 Å². The van der Waals surface area contributed by atoms with Gasteiger partial charge in [0.15, 0.2) is 5.76 Å². The zero-order valence-electron chi connectivity index (χ0n) is 12.4. The van der Waals surface area contributed by atoms with E-state index in [0.29, 0.717) is 11.1 Å². The number of fused-ring (bicyclic) bond motifs is 1. The van der Waals surface area contributed by atoms with Gasteiger partial charge in [-0.3, -0.25) is 9.59 Å². The third kappa shape index (κ3) is 2.65. The molecule has 0 saturated carbocycles. The zero-order chi connectivity index (χ0) is 15.7. The van der Waals surface area contributed by atoms with Crippen LogP contribution in [0.5, 0.6) is 0 Å². The van der Waals surface area contributed by atoms with Crippen molar-refractivity contribution in [2.45, 2.75) is 20.4 Å². The van der Waals surface area contributed by atoms with E-state index in [-0.39, 0.29) is 23.8 Å². The molecular weight excluding hydrogens is 280 g/mol. The number of aromatic amines is 1. The fourth-order valence-corrected chi connectivity index (χ4v) is 2.45. The second-order valence-corrected chi connectivity index (χ2v) is 5.27. The number of carbonyl (C=O) groups excluding carboxylic acids is 1. The predicted octanol–water partition coefficient (Wildman–Crippen LogP) is 2.67. The maximum atomic E-state index is 12.2. The van der Waals surface area contributed by atoms with E-state index in [1.54, 1.807) is 12.1 Å². The number of hydrogen-bond donors (Lipinski definition) is 2. The first-order valence-electron chi connectivity index (χ1n) is 7.01. The Kier molecular flexibility index (Phi) is 3.55. The van der Waals surface area contributed by atoms with Crippen LogP contribution < -0.4 is 10.9 Å². The van der Waals surface area contributed by atoms with Crippen molar-refractivity contribution >= 4 is 16.9 Å². The van der Waals surface area contributed by atoms with Crippen LogP contribution in [0.4, 0.5) is 0 Å². The molecule has 1 aromatic carbocycles. The number of furan rings is 1. The van der Waals surface area contributed by atoms with Crippen molar-refractivity contribution in [1.82, 2.24) is 10.3 Å². The maximum absolute atomic E-state index is 12.2. The van der Waals surface area contributed by atoms with E-state index in [1.807, 2.05) is 38.1 Å². The van der Waals surface area contributed by atoms with Gasteiger partial charge >= 0.3 is 0 Å². The standard InChI is InChI=1S/C17H16N2O3/c1-10-7-11(2)19-16(20)13(10)9-18-17(21)15-8-12-5-3-4-6-14(12)22-15/h3-8H,9H2,1-2H3,(H,18,21)(H,19,20). The van der Waals surface area contributed by atoms with Crippen LogP contribution in [0.3, 0.4) is 0 Å². The first-order valence-corrected chi connectivity index (χ1v) is 7.01. The molecule has 3 aromatic rings.